The molecule has 0 bridgehead atoms. The summed E-state index contributed by atoms with van der Waals surface area (Å²) in [6.07, 6.45) is 2.21. The summed E-state index contributed by atoms with van der Waals surface area (Å²) in [5.74, 6) is 0. The summed E-state index contributed by atoms with van der Waals surface area (Å²) in [5.41, 5.74) is 2.12. The van der Waals surface area contributed by atoms with Gasteiger partial charge in [0.05, 0.1) is 11.1 Å². The Hall–Kier alpha value is -1.44. The first-order valence-electron chi connectivity index (χ1n) is 5.64. The van der Waals surface area contributed by atoms with Gasteiger partial charge in [-0.15, -0.1) is 0 Å². The van der Waals surface area contributed by atoms with Gasteiger partial charge >= 0.3 is 0 Å². The average Bonchev–Trinajstić information content (AvgIpc) is 2.43. The molecular formula is C14H18N2. The standard InChI is InChI=1S/C14H18N2/c1-13(2)12(14(3,4)16-15-13)10-11-8-6-5-7-9-11/h5-10H,1-4H3. The van der Waals surface area contributed by atoms with Gasteiger partial charge in [0.15, 0.2) is 0 Å². The first kappa shape index (κ1) is 11.1. The lowest BCUT2D eigenvalue weighted by Crippen LogP contribution is -2.27. The molecule has 0 atom stereocenters. The highest BCUT2D eigenvalue weighted by Gasteiger charge is 2.40. The molecule has 2 rings (SSSR count). The maximum Gasteiger partial charge on any atom is 0.0995 e. The number of rotatable bonds is 1. The van der Waals surface area contributed by atoms with Gasteiger partial charge < -0.3 is 0 Å². The number of benzene rings is 1. The molecule has 0 fully saturated rings. The quantitative estimate of drug-likeness (QED) is 0.672. The van der Waals surface area contributed by atoms with Gasteiger partial charge in [-0.05, 0) is 38.8 Å². The molecule has 0 saturated carbocycles. The third kappa shape index (κ3) is 1.92. The van der Waals surface area contributed by atoms with Crippen LogP contribution in [0.3, 0.4) is 0 Å². The number of nitrogens with zero attached hydrogens (tertiary/aromatic N) is 2. The van der Waals surface area contributed by atoms with Crippen LogP contribution < -0.4 is 0 Å². The molecule has 0 saturated heterocycles. The largest absolute Gasteiger partial charge is 0.183 e. The molecule has 0 N–H and O–H groups in total. The smallest absolute Gasteiger partial charge is 0.0995 e. The minimum atomic E-state index is -0.181. The Morgan fingerprint density at radius 3 is 1.88 bits per heavy atom. The summed E-state index contributed by atoms with van der Waals surface area (Å²) in [7, 11) is 0. The van der Waals surface area contributed by atoms with E-state index < -0.39 is 0 Å². The van der Waals surface area contributed by atoms with E-state index in [0.29, 0.717) is 0 Å². The van der Waals surface area contributed by atoms with Crippen molar-refractivity contribution >= 4 is 6.08 Å². The van der Waals surface area contributed by atoms with Gasteiger partial charge in [-0.1, -0.05) is 36.4 Å². The second-order valence-electron chi connectivity index (χ2n) is 5.29. The second-order valence-corrected chi connectivity index (χ2v) is 5.29. The summed E-state index contributed by atoms with van der Waals surface area (Å²) in [6, 6.07) is 10.3. The number of hydrogen-bond donors (Lipinski definition) is 0. The molecule has 0 unspecified atom stereocenters. The summed E-state index contributed by atoms with van der Waals surface area (Å²) in [5, 5.41) is 8.71. The van der Waals surface area contributed by atoms with E-state index in [1.807, 2.05) is 6.07 Å². The average molecular weight is 214 g/mol. The number of hydrogen-bond acceptors (Lipinski definition) is 2. The first-order chi connectivity index (χ1) is 7.42. The van der Waals surface area contributed by atoms with E-state index in [2.05, 4.69) is 68.3 Å². The van der Waals surface area contributed by atoms with Crippen LogP contribution in [0.5, 0.6) is 0 Å². The van der Waals surface area contributed by atoms with Crippen molar-refractivity contribution in [2.45, 2.75) is 38.8 Å². The van der Waals surface area contributed by atoms with Crippen molar-refractivity contribution in [1.82, 2.24) is 0 Å². The molecule has 0 aliphatic carbocycles. The van der Waals surface area contributed by atoms with Crippen molar-refractivity contribution in [3.63, 3.8) is 0 Å². The van der Waals surface area contributed by atoms with Crippen molar-refractivity contribution in [1.29, 1.82) is 0 Å². The Bertz CT molecular complexity index is 419. The molecule has 2 nitrogen and oxygen atoms in total. The highest BCUT2D eigenvalue weighted by atomic mass is 15.2. The number of azo groups is 1. The Morgan fingerprint density at radius 1 is 0.875 bits per heavy atom. The van der Waals surface area contributed by atoms with Gasteiger partial charge in [0, 0.05) is 0 Å². The van der Waals surface area contributed by atoms with Crippen LogP contribution in [0.1, 0.15) is 33.3 Å². The minimum Gasteiger partial charge on any atom is -0.183 e. The van der Waals surface area contributed by atoms with Gasteiger partial charge in [-0.3, -0.25) is 0 Å². The molecule has 84 valence electrons. The van der Waals surface area contributed by atoms with Crippen LogP contribution >= 0.6 is 0 Å². The van der Waals surface area contributed by atoms with Crippen molar-refractivity contribution in [3.05, 3.63) is 41.5 Å². The molecule has 1 heterocycles. The Kier molecular flexibility index (Phi) is 2.45. The molecule has 0 spiro atoms. The molecule has 2 heteroatoms. The Labute approximate surface area is 97.1 Å². The molecule has 0 amide bonds. The van der Waals surface area contributed by atoms with Crippen molar-refractivity contribution in [2.75, 3.05) is 0 Å². The van der Waals surface area contributed by atoms with Crippen molar-refractivity contribution in [2.24, 2.45) is 10.2 Å². The zero-order chi connectivity index (χ0) is 11.8. The zero-order valence-electron chi connectivity index (χ0n) is 10.4. The van der Waals surface area contributed by atoms with E-state index >= 15 is 0 Å². The normalized spacial score (nSPS) is 21.1. The van der Waals surface area contributed by atoms with E-state index in [9.17, 15) is 0 Å². The lowest BCUT2D eigenvalue weighted by atomic mass is 9.82. The van der Waals surface area contributed by atoms with E-state index in [0.717, 1.165) is 0 Å². The summed E-state index contributed by atoms with van der Waals surface area (Å²) in [4.78, 5) is 0. The summed E-state index contributed by atoms with van der Waals surface area (Å²) in [6.45, 7) is 8.44. The van der Waals surface area contributed by atoms with E-state index in [1.165, 1.54) is 11.1 Å². The molecule has 1 aliphatic rings. The first-order valence-corrected chi connectivity index (χ1v) is 5.64. The second kappa shape index (κ2) is 3.55. The molecular weight excluding hydrogens is 196 g/mol. The minimum absolute atomic E-state index is 0.181. The van der Waals surface area contributed by atoms with Crippen LogP contribution in [0.15, 0.2) is 46.1 Å². The van der Waals surface area contributed by atoms with Crippen molar-refractivity contribution in [3.8, 4) is 0 Å². The lowest BCUT2D eigenvalue weighted by molar-refractivity contribution is 0.582. The van der Waals surface area contributed by atoms with Gasteiger partial charge in [-0.2, -0.15) is 10.2 Å². The Balaban J connectivity index is 2.44. The molecule has 1 aliphatic heterocycles. The predicted octanol–water partition coefficient (Wildman–Crippen LogP) is 4.09. The van der Waals surface area contributed by atoms with Crippen LogP contribution in [0.2, 0.25) is 0 Å². The van der Waals surface area contributed by atoms with Crippen LogP contribution in [-0.4, -0.2) is 11.1 Å². The van der Waals surface area contributed by atoms with Gasteiger partial charge in [0.1, 0.15) is 0 Å². The maximum atomic E-state index is 4.36. The monoisotopic (exact) mass is 214 g/mol. The molecule has 16 heavy (non-hydrogen) atoms. The molecule has 0 radical (unpaired) electrons. The topological polar surface area (TPSA) is 24.7 Å². The third-order valence-corrected chi connectivity index (χ3v) is 2.98. The highest BCUT2D eigenvalue weighted by Crippen LogP contribution is 2.40. The molecule has 1 aromatic carbocycles. The fourth-order valence-corrected chi connectivity index (χ4v) is 2.18. The summed E-state index contributed by atoms with van der Waals surface area (Å²) >= 11 is 0. The molecule has 1 aromatic rings. The highest BCUT2D eigenvalue weighted by molar-refractivity contribution is 5.59. The summed E-state index contributed by atoms with van der Waals surface area (Å²) < 4.78 is 0. The van der Waals surface area contributed by atoms with Crippen molar-refractivity contribution < 1.29 is 0 Å². The maximum absolute atomic E-state index is 4.36. The lowest BCUT2D eigenvalue weighted by Gasteiger charge is -2.23. The van der Waals surface area contributed by atoms with Crippen LogP contribution in [0.4, 0.5) is 0 Å². The van der Waals surface area contributed by atoms with E-state index in [1.54, 1.807) is 0 Å². The van der Waals surface area contributed by atoms with Gasteiger partial charge in [-0.25, -0.2) is 0 Å². The molecule has 0 aromatic heterocycles. The Morgan fingerprint density at radius 2 is 1.38 bits per heavy atom. The van der Waals surface area contributed by atoms with Crippen LogP contribution in [-0.2, 0) is 0 Å². The fourth-order valence-electron chi connectivity index (χ4n) is 2.18. The van der Waals surface area contributed by atoms with E-state index in [4.69, 9.17) is 0 Å². The zero-order valence-corrected chi connectivity index (χ0v) is 10.4. The van der Waals surface area contributed by atoms with E-state index in [-0.39, 0.29) is 11.1 Å². The van der Waals surface area contributed by atoms with Gasteiger partial charge in [0.2, 0.25) is 0 Å². The van der Waals surface area contributed by atoms with Gasteiger partial charge in [0.25, 0.3) is 0 Å². The fraction of sp³-hybridized carbons (Fsp3) is 0.429. The third-order valence-electron chi connectivity index (χ3n) is 2.98. The predicted molar refractivity (Wildman–Crippen MR) is 67.4 cm³/mol. The SMILES string of the molecule is CC1(C)N=NC(C)(C)C1=Cc1ccccc1. The van der Waals surface area contributed by atoms with Crippen LogP contribution in [0.25, 0.3) is 6.08 Å². The van der Waals surface area contributed by atoms with Crippen LogP contribution in [0, 0.1) is 0 Å².